The highest BCUT2D eigenvalue weighted by Crippen LogP contribution is 2.18. The Kier molecular flexibility index (Phi) is 5.34. The van der Waals surface area contributed by atoms with E-state index in [1.807, 2.05) is 29.1 Å². The van der Waals surface area contributed by atoms with Crippen LogP contribution < -0.4 is 10.6 Å². The van der Waals surface area contributed by atoms with Crippen molar-refractivity contribution in [2.45, 2.75) is 11.6 Å². The van der Waals surface area contributed by atoms with Gasteiger partial charge in [0, 0.05) is 25.4 Å². The molecule has 2 aromatic rings. The average Bonchev–Trinajstić information content (AvgIpc) is 3.09. The fraction of sp³-hybridized carbons (Fsp3) is 0.333. The van der Waals surface area contributed by atoms with Crippen molar-refractivity contribution in [2.24, 2.45) is 7.05 Å². The number of hydrogen-bond acceptors (Lipinski definition) is 6. The van der Waals surface area contributed by atoms with E-state index in [0.717, 1.165) is 5.82 Å². The molecule has 2 aromatic heterocycles. The summed E-state index contributed by atoms with van der Waals surface area (Å²) >= 11 is 2.91. The minimum atomic E-state index is -0.517. The smallest absolute Gasteiger partial charge is 0.321 e. The highest BCUT2D eigenvalue weighted by molar-refractivity contribution is 7.99. The van der Waals surface area contributed by atoms with Crippen molar-refractivity contribution in [1.29, 1.82) is 0 Å². The molecule has 112 valence electrons. The molecule has 0 radical (unpaired) electrons. The lowest BCUT2D eigenvalue weighted by Gasteiger charge is -2.04. The molecule has 7 nitrogen and oxygen atoms in total. The Morgan fingerprint density at radius 1 is 1.43 bits per heavy atom. The third kappa shape index (κ3) is 4.30. The van der Waals surface area contributed by atoms with Gasteiger partial charge >= 0.3 is 6.03 Å². The number of urea groups is 1. The Hall–Kier alpha value is -1.87. The van der Waals surface area contributed by atoms with Crippen LogP contribution in [0.1, 0.15) is 10.7 Å². The van der Waals surface area contributed by atoms with Gasteiger partial charge in [-0.2, -0.15) is 0 Å². The summed E-state index contributed by atoms with van der Waals surface area (Å²) in [6.45, 7) is 0. The monoisotopic (exact) mass is 325 g/mol. The van der Waals surface area contributed by atoms with Gasteiger partial charge < -0.3 is 9.88 Å². The van der Waals surface area contributed by atoms with Crippen LogP contribution in [0.2, 0.25) is 0 Å². The lowest BCUT2D eigenvalue weighted by Crippen LogP contribution is -2.38. The first-order valence-corrected chi connectivity index (χ1v) is 8.01. The number of carbonyl (C=O) groups is 2. The first kappa shape index (κ1) is 15.5. The molecule has 21 heavy (non-hydrogen) atoms. The zero-order chi connectivity index (χ0) is 15.2. The van der Waals surface area contributed by atoms with Crippen molar-refractivity contribution < 1.29 is 9.59 Å². The van der Waals surface area contributed by atoms with Gasteiger partial charge in [-0.1, -0.05) is 17.8 Å². The number of aromatic nitrogens is 3. The number of thiophene rings is 1. The molecule has 2 heterocycles. The number of hydrogen-bond donors (Lipinski definition) is 2. The highest BCUT2D eigenvalue weighted by Gasteiger charge is 2.13. The summed E-state index contributed by atoms with van der Waals surface area (Å²) in [6, 6.07) is 3.52. The van der Waals surface area contributed by atoms with Crippen LogP contribution in [0.25, 0.3) is 0 Å². The largest absolute Gasteiger partial charge is 0.341 e. The van der Waals surface area contributed by atoms with Crippen molar-refractivity contribution >= 4 is 35.0 Å². The van der Waals surface area contributed by atoms with Crippen LogP contribution in [0.15, 0.2) is 22.7 Å². The second-order valence-electron chi connectivity index (χ2n) is 4.13. The SMILES string of the molecule is CNC(=O)NC(=O)CSc1nnc(Cc2cccs2)n1C. The van der Waals surface area contributed by atoms with E-state index < -0.39 is 6.03 Å². The maximum absolute atomic E-state index is 11.5. The fourth-order valence-corrected chi connectivity index (χ4v) is 2.98. The Balaban J connectivity index is 1.91. The Morgan fingerprint density at radius 2 is 2.24 bits per heavy atom. The molecule has 0 saturated carbocycles. The van der Waals surface area contributed by atoms with Gasteiger partial charge in [0.2, 0.25) is 5.91 Å². The molecule has 0 bridgehead atoms. The topological polar surface area (TPSA) is 88.9 Å². The normalized spacial score (nSPS) is 10.4. The molecule has 0 fully saturated rings. The van der Waals surface area contributed by atoms with E-state index in [9.17, 15) is 9.59 Å². The van der Waals surface area contributed by atoms with Crippen LogP contribution in [0.3, 0.4) is 0 Å². The lowest BCUT2D eigenvalue weighted by molar-refractivity contribution is -0.117. The van der Waals surface area contributed by atoms with E-state index in [0.29, 0.717) is 11.6 Å². The van der Waals surface area contributed by atoms with E-state index in [1.54, 1.807) is 11.3 Å². The number of imide groups is 1. The van der Waals surface area contributed by atoms with Crippen molar-refractivity contribution in [1.82, 2.24) is 25.4 Å². The molecule has 9 heteroatoms. The molecule has 0 aliphatic heterocycles. The highest BCUT2D eigenvalue weighted by atomic mass is 32.2. The lowest BCUT2D eigenvalue weighted by atomic mass is 10.3. The maximum atomic E-state index is 11.5. The van der Waals surface area contributed by atoms with E-state index in [1.165, 1.54) is 23.7 Å². The van der Waals surface area contributed by atoms with E-state index in [-0.39, 0.29) is 11.7 Å². The van der Waals surface area contributed by atoms with Crippen molar-refractivity contribution in [3.8, 4) is 0 Å². The first-order chi connectivity index (χ1) is 10.1. The number of carbonyl (C=O) groups excluding carboxylic acids is 2. The van der Waals surface area contributed by atoms with Crippen LogP contribution in [0.5, 0.6) is 0 Å². The molecule has 0 aromatic carbocycles. The second kappa shape index (κ2) is 7.23. The minimum absolute atomic E-state index is 0.110. The van der Waals surface area contributed by atoms with Crippen LogP contribution in [-0.2, 0) is 18.3 Å². The van der Waals surface area contributed by atoms with E-state index in [4.69, 9.17) is 0 Å². The molecular weight excluding hydrogens is 310 g/mol. The number of amides is 3. The Labute approximate surface area is 130 Å². The van der Waals surface area contributed by atoms with Gasteiger partial charge in [-0.05, 0) is 11.4 Å². The predicted octanol–water partition coefficient (Wildman–Crippen LogP) is 1.02. The summed E-state index contributed by atoms with van der Waals surface area (Å²) < 4.78 is 1.86. The predicted molar refractivity (Wildman–Crippen MR) is 81.5 cm³/mol. The Morgan fingerprint density at radius 3 is 2.90 bits per heavy atom. The third-order valence-electron chi connectivity index (χ3n) is 2.65. The standard InChI is InChI=1S/C12H15N5O2S2/c1-13-11(19)14-10(18)7-21-12-16-15-9(17(12)2)6-8-4-3-5-20-8/h3-5H,6-7H2,1-2H3,(H2,13,14,18,19). The summed E-state index contributed by atoms with van der Waals surface area (Å²) in [5.74, 6) is 0.576. The molecule has 0 atom stereocenters. The van der Waals surface area contributed by atoms with Crippen molar-refractivity contribution in [3.63, 3.8) is 0 Å². The van der Waals surface area contributed by atoms with Crippen LogP contribution in [0.4, 0.5) is 4.79 Å². The zero-order valence-electron chi connectivity index (χ0n) is 11.6. The summed E-state index contributed by atoms with van der Waals surface area (Å²) in [5, 5.41) is 15.4. The number of nitrogens with zero attached hydrogens (tertiary/aromatic N) is 3. The molecular formula is C12H15N5O2S2. The summed E-state index contributed by atoms with van der Waals surface area (Å²) in [4.78, 5) is 23.7. The average molecular weight is 325 g/mol. The van der Waals surface area contributed by atoms with Crippen molar-refractivity contribution in [3.05, 3.63) is 28.2 Å². The summed E-state index contributed by atoms with van der Waals surface area (Å²) in [5.41, 5.74) is 0. The molecule has 2 rings (SSSR count). The van der Waals surface area contributed by atoms with Gasteiger partial charge in [-0.3, -0.25) is 10.1 Å². The van der Waals surface area contributed by atoms with Gasteiger partial charge in [-0.15, -0.1) is 21.5 Å². The molecule has 0 spiro atoms. The maximum Gasteiger partial charge on any atom is 0.321 e. The van der Waals surface area contributed by atoms with E-state index in [2.05, 4.69) is 20.8 Å². The van der Waals surface area contributed by atoms with Gasteiger partial charge in [0.1, 0.15) is 5.82 Å². The molecule has 2 N–H and O–H groups in total. The van der Waals surface area contributed by atoms with Gasteiger partial charge in [0.15, 0.2) is 5.16 Å². The summed E-state index contributed by atoms with van der Waals surface area (Å²) in [7, 11) is 3.32. The molecule has 0 saturated heterocycles. The Bertz CT molecular complexity index is 624. The number of thioether (sulfide) groups is 1. The van der Waals surface area contributed by atoms with Gasteiger partial charge in [0.05, 0.1) is 5.75 Å². The molecule has 3 amide bonds. The molecule has 0 unspecified atom stereocenters. The van der Waals surface area contributed by atoms with Crippen molar-refractivity contribution in [2.75, 3.05) is 12.8 Å². The van der Waals surface area contributed by atoms with E-state index >= 15 is 0 Å². The second-order valence-corrected chi connectivity index (χ2v) is 6.10. The molecule has 0 aliphatic carbocycles. The van der Waals surface area contributed by atoms with Crippen LogP contribution >= 0.6 is 23.1 Å². The van der Waals surface area contributed by atoms with Gasteiger partial charge in [0.25, 0.3) is 0 Å². The van der Waals surface area contributed by atoms with Gasteiger partial charge in [-0.25, -0.2) is 4.79 Å². The fourth-order valence-electron chi connectivity index (χ4n) is 1.55. The number of rotatable bonds is 5. The van der Waals surface area contributed by atoms with Crippen LogP contribution in [0, 0.1) is 0 Å². The third-order valence-corrected chi connectivity index (χ3v) is 4.55. The minimum Gasteiger partial charge on any atom is -0.341 e. The summed E-state index contributed by atoms with van der Waals surface area (Å²) in [6.07, 6.45) is 0.714. The number of nitrogens with one attached hydrogen (secondary N) is 2. The van der Waals surface area contributed by atoms with Crippen LogP contribution in [-0.4, -0.2) is 39.5 Å². The molecule has 0 aliphatic rings. The first-order valence-electron chi connectivity index (χ1n) is 6.15. The zero-order valence-corrected chi connectivity index (χ0v) is 13.3. The quantitative estimate of drug-likeness (QED) is 0.801.